The highest BCUT2D eigenvalue weighted by Gasteiger charge is 2.38. The largest absolute Gasteiger partial charge is 0.377 e. The maximum absolute atomic E-state index is 14.0. The van der Waals surface area contributed by atoms with E-state index in [4.69, 9.17) is 22.1 Å². The standard InChI is InChI=1S/C24H21ClN6O3S2/c1-14-3-5-16(6-4-14)36(32,33)31-19(15-8-29-30(2)11-15)7-17-21(18(25)9-27-22(17)31)23-28-10-20(35-23)24(26)12-34-13-24/h3-11H,12-13,26H2,1-2H3. The quantitative estimate of drug-likeness (QED) is 0.358. The van der Waals surface area contributed by atoms with Crippen LogP contribution in [0.25, 0.3) is 32.9 Å². The molecule has 0 saturated carbocycles. The Kier molecular flexibility index (Phi) is 5.32. The Morgan fingerprint density at radius 2 is 1.89 bits per heavy atom. The van der Waals surface area contributed by atoms with Crippen LogP contribution in [0.1, 0.15) is 10.4 Å². The number of thiazole rings is 1. The zero-order valence-corrected chi connectivity index (χ0v) is 21.7. The third kappa shape index (κ3) is 3.58. The fourth-order valence-corrected chi connectivity index (χ4v) is 7.05. The molecule has 36 heavy (non-hydrogen) atoms. The molecule has 12 heteroatoms. The van der Waals surface area contributed by atoms with Crippen molar-refractivity contribution in [3.8, 4) is 21.8 Å². The van der Waals surface area contributed by atoms with E-state index in [2.05, 4.69) is 15.1 Å². The van der Waals surface area contributed by atoms with Crippen molar-refractivity contribution in [1.82, 2.24) is 23.7 Å². The number of aromatic nitrogens is 5. The van der Waals surface area contributed by atoms with Crippen molar-refractivity contribution in [3.63, 3.8) is 0 Å². The predicted octanol–water partition coefficient (Wildman–Crippen LogP) is 3.94. The van der Waals surface area contributed by atoms with E-state index in [0.29, 0.717) is 45.5 Å². The highest BCUT2D eigenvalue weighted by atomic mass is 35.5. The van der Waals surface area contributed by atoms with Crippen LogP contribution in [-0.4, -0.2) is 45.4 Å². The van der Waals surface area contributed by atoms with E-state index in [1.54, 1.807) is 60.7 Å². The highest BCUT2D eigenvalue weighted by Crippen LogP contribution is 2.42. The number of hydrogen-bond acceptors (Lipinski definition) is 8. The molecule has 0 amide bonds. The van der Waals surface area contributed by atoms with Gasteiger partial charge in [0.2, 0.25) is 0 Å². The molecule has 6 rings (SSSR count). The summed E-state index contributed by atoms with van der Waals surface area (Å²) in [6.07, 6.45) is 6.56. The van der Waals surface area contributed by atoms with Crippen molar-refractivity contribution >= 4 is 44.0 Å². The molecule has 1 aliphatic heterocycles. The molecule has 9 nitrogen and oxygen atoms in total. The van der Waals surface area contributed by atoms with Gasteiger partial charge in [0.25, 0.3) is 10.0 Å². The van der Waals surface area contributed by atoms with Crippen LogP contribution in [0.15, 0.2) is 60.0 Å². The Morgan fingerprint density at radius 3 is 2.53 bits per heavy atom. The number of ether oxygens (including phenoxy) is 1. The Balaban J connectivity index is 1.62. The first-order valence-corrected chi connectivity index (χ1v) is 13.7. The number of nitrogens with zero attached hydrogens (tertiary/aromatic N) is 5. The Labute approximate surface area is 216 Å². The summed E-state index contributed by atoms with van der Waals surface area (Å²) in [5.74, 6) is 0. The third-order valence-corrected chi connectivity index (χ3v) is 9.47. The topological polar surface area (TPSA) is 118 Å². The van der Waals surface area contributed by atoms with E-state index < -0.39 is 15.6 Å². The second-order valence-electron chi connectivity index (χ2n) is 8.91. The van der Waals surface area contributed by atoms with Gasteiger partial charge in [-0.1, -0.05) is 29.3 Å². The number of benzene rings is 1. The van der Waals surface area contributed by atoms with E-state index in [9.17, 15) is 8.42 Å². The minimum Gasteiger partial charge on any atom is -0.377 e. The predicted molar refractivity (Wildman–Crippen MR) is 139 cm³/mol. The van der Waals surface area contributed by atoms with Crippen LogP contribution in [-0.2, 0) is 27.3 Å². The number of halogens is 1. The van der Waals surface area contributed by atoms with Gasteiger partial charge in [0.15, 0.2) is 5.65 Å². The molecule has 1 aromatic carbocycles. The Hall–Kier alpha value is -3.09. The lowest BCUT2D eigenvalue weighted by Gasteiger charge is -2.36. The van der Waals surface area contributed by atoms with Crippen LogP contribution in [0, 0.1) is 6.92 Å². The molecule has 1 aliphatic rings. The van der Waals surface area contributed by atoms with Crippen molar-refractivity contribution in [2.75, 3.05) is 13.2 Å². The molecule has 0 bridgehead atoms. The van der Waals surface area contributed by atoms with Gasteiger partial charge < -0.3 is 10.5 Å². The van der Waals surface area contributed by atoms with Gasteiger partial charge in [0, 0.05) is 47.0 Å². The smallest absolute Gasteiger partial charge is 0.269 e. The molecule has 0 spiro atoms. The normalized spacial score (nSPS) is 15.3. The van der Waals surface area contributed by atoms with Gasteiger partial charge in [-0.25, -0.2) is 22.4 Å². The van der Waals surface area contributed by atoms with E-state index >= 15 is 0 Å². The lowest BCUT2D eigenvalue weighted by Crippen LogP contribution is -2.53. The molecule has 1 fully saturated rings. The average Bonchev–Trinajstić information content (AvgIpc) is 3.56. The fourth-order valence-electron chi connectivity index (χ4n) is 4.21. The summed E-state index contributed by atoms with van der Waals surface area (Å²) in [5.41, 5.74) is 8.70. The van der Waals surface area contributed by atoms with Crippen molar-refractivity contribution < 1.29 is 13.2 Å². The van der Waals surface area contributed by atoms with Gasteiger partial charge >= 0.3 is 0 Å². The number of rotatable bonds is 5. The minimum atomic E-state index is -4.01. The van der Waals surface area contributed by atoms with E-state index in [1.807, 2.05) is 6.92 Å². The summed E-state index contributed by atoms with van der Waals surface area (Å²) in [6.45, 7) is 2.75. The van der Waals surface area contributed by atoms with Crippen LogP contribution in [0.4, 0.5) is 0 Å². The average molecular weight is 541 g/mol. The van der Waals surface area contributed by atoms with Gasteiger partial charge in [0.1, 0.15) is 5.01 Å². The molecule has 0 atom stereocenters. The molecule has 5 aromatic rings. The van der Waals surface area contributed by atoms with Crippen molar-refractivity contribution in [3.05, 3.63) is 70.6 Å². The lowest BCUT2D eigenvalue weighted by molar-refractivity contribution is -0.0551. The first-order valence-electron chi connectivity index (χ1n) is 11.0. The van der Waals surface area contributed by atoms with Crippen molar-refractivity contribution in [2.45, 2.75) is 17.4 Å². The number of pyridine rings is 1. The number of hydrogen-bond donors (Lipinski definition) is 1. The zero-order chi connectivity index (χ0) is 25.2. The maximum Gasteiger partial charge on any atom is 0.269 e. The van der Waals surface area contributed by atoms with Crippen LogP contribution >= 0.6 is 22.9 Å². The Morgan fingerprint density at radius 1 is 1.14 bits per heavy atom. The molecule has 0 radical (unpaired) electrons. The first-order chi connectivity index (χ1) is 17.2. The van der Waals surface area contributed by atoms with Gasteiger partial charge in [-0.3, -0.25) is 4.68 Å². The summed E-state index contributed by atoms with van der Waals surface area (Å²) in [5, 5.41) is 5.79. The van der Waals surface area contributed by atoms with Crippen molar-refractivity contribution in [2.24, 2.45) is 12.8 Å². The molecule has 2 N–H and O–H groups in total. The number of aryl methyl sites for hydroxylation is 2. The van der Waals surface area contributed by atoms with Crippen molar-refractivity contribution in [1.29, 1.82) is 0 Å². The lowest BCUT2D eigenvalue weighted by atomic mass is 9.98. The molecule has 4 aromatic heterocycles. The molecule has 1 saturated heterocycles. The molecular weight excluding hydrogens is 520 g/mol. The van der Waals surface area contributed by atoms with Crippen LogP contribution in [0.5, 0.6) is 0 Å². The summed E-state index contributed by atoms with van der Waals surface area (Å²) >= 11 is 8.06. The monoisotopic (exact) mass is 540 g/mol. The summed E-state index contributed by atoms with van der Waals surface area (Å²) in [7, 11) is -2.24. The van der Waals surface area contributed by atoms with E-state index in [0.717, 1.165) is 10.4 Å². The SMILES string of the molecule is Cc1ccc(S(=O)(=O)n2c(-c3cnn(C)c3)cc3c(-c4ncc(C5(N)COC5)s4)c(Cl)cnc32)cc1. The minimum absolute atomic E-state index is 0.153. The zero-order valence-electron chi connectivity index (χ0n) is 19.3. The van der Waals surface area contributed by atoms with Crippen LogP contribution in [0.2, 0.25) is 5.02 Å². The van der Waals surface area contributed by atoms with Gasteiger partial charge in [-0.2, -0.15) is 5.10 Å². The molecule has 0 unspecified atom stereocenters. The third-order valence-electron chi connectivity index (χ3n) is 6.23. The summed E-state index contributed by atoms with van der Waals surface area (Å²) < 4.78 is 36.1. The first kappa shape index (κ1) is 23.3. The van der Waals surface area contributed by atoms with E-state index in [1.165, 1.54) is 21.5 Å². The van der Waals surface area contributed by atoms with Gasteiger partial charge in [-0.05, 0) is 25.1 Å². The highest BCUT2D eigenvalue weighted by molar-refractivity contribution is 7.90. The second-order valence-corrected chi connectivity index (χ2v) is 12.1. The second kappa shape index (κ2) is 8.22. The molecular formula is C24H21ClN6O3S2. The fraction of sp³-hybridized carbons (Fsp3) is 0.208. The molecule has 184 valence electrons. The number of nitrogens with two attached hydrogens (primary N) is 1. The Bertz CT molecular complexity index is 1730. The van der Waals surface area contributed by atoms with Gasteiger partial charge in [-0.15, -0.1) is 11.3 Å². The summed E-state index contributed by atoms with van der Waals surface area (Å²) in [4.78, 5) is 10.1. The molecule has 5 heterocycles. The summed E-state index contributed by atoms with van der Waals surface area (Å²) in [6, 6.07) is 8.49. The van der Waals surface area contributed by atoms with Gasteiger partial charge in [0.05, 0.1) is 40.6 Å². The molecule has 0 aliphatic carbocycles. The van der Waals surface area contributed by atoms with E-state index in [-0.39, 0.29) is 10.5 Å². The van der Waals surface area contributed by atoms with Crippen LogP contribution in [0.3, 0.4) is 0 Å². The van der Waals surface area contributed by atoms with Crippen LogP contribution < -0.4 is 5.73 Å². The number of fused-ring (bicyclic) bond motifs is 1. The maximum atomic E-state index is 14.0.